The number of hydrogen-bond donors (Lipinski definition) is 1. The minimum atomic E-state index is -0.328. The third-order valence-corrected chi connectivity index (χ3v) is 1.35. The van der Waals surface area contributed by atoms with Crippen LogP contribution in [0.1, 0.15) is 6.92 Å². The molecule has 0 fully saturated rings. The molecular weight excluding hydrogens is 94.1 g/mol. The Bertz CT molecular complexity index is 22.8. The molecule has 0 aromatic heterocycles. The van der Waals surface area contributed by atoms with Crippen molar-refractivity contribution >= 4 is 9.92 Å². The average Bonchev–Trinajstić information content (AvgIpc) is 1.61. The molecule has 38 valence electrons. The minimum absolute atomic E-state index is 0.328. The number of rotatable bonds is 3. The van der Waals surface area contributed by atoms with Crippen LogP contribution in [0.15, 0.2) is 0 Å². The van der Waals surface area contributed by atoms with E-state index in [1.807, 2.05) is 14.0 Å². The van der Waals surface area contributed by atoms with E-state index in [2.05, 4.69) is 4.98 Å². The van der Waals surface area contributed by atoms with Crippen LogP contribution >= 0.6 is 0 Å². The first-order valence-electron chi connectivity index (χ1n) is 2.14. The van der Waals surface area contributed by atoms with Gasteiger partial charge in [0.25, 0.3) is 0 Å². The molecule has 0 amide bonds. The first kappa shape index (κ1) is 6.14. The average molecular weight is 105 g/mol. The van der Waals surface area contributed by atoms with Gasteiger partial charge in [-0.1, -0.05) is 0 Å². The molecule has 0 bridgehead atoms. The first-order valence-corrected chi connectivity index (χ1v) is 3.42. The fraction of sp³-hybridized carbons (Fsp3) is 1.00. The van der Waals surface area contributed by atoms with Crippen molar-refractivity contribution in [3.63, 3.8) is 0 Å². The van der Waals surface area contributed by atoms with Gasteiger partial charge in [-0.05, 0) is 14.0 Å². The maximum absolute atomic E-state index is 5.01. The molecule has 0 aliphatic rings. The fourth-order valence-electron chi connectivity index (χ4n) is 0.204. The Morgan fingerprint density at radius 1 is 1.83 bits per heavy atom. The predicted octanol–water partition coefficient (Wildman–Crippen LogP) is -0.759. The van der Waals surface area contributed by atoms with E-state index in [1.165, 1.54) is 0 Å². The lowest BCUT2D eigenvalue weighted by Gasteiger charge is -1.92. The highest BCUT2D eigenvalue weighted by Crippen LogP contribution is 1.58. The summed E-state index contributed by atoms with van der Waals surface area (Å²) in [4.78, 5) is 2.99. The summed E-state index contributed by atoms with van der Waals surface area (Å²) in [5.74, 6) is 0. The van der Waals surface area contributed by atoms with Gasteiger partial charge in [-0.15, -0.1) is 0 Å². The molecule has 0 saturated heterocycles. The summed E-state index contributed by atoms with van der Waals surface area (Å²) in [6.45, 7) is 2.86. The van der Waals surface area contributed by atoms with Gasteiger partial charge in [-0.25, -0.2) is 0 Å². The lowest BCUT2D eigenvalue weighted by Crippen LogP contribution is -2.15. The summed E-state index contributed by atoms with van der Waals surface area (Å²) in [5.41, 5.74) is 0. The van der Waals surface area contributed by atoms with Crippen molar-refractivity contribution in [2.45, 2.75) is 6.92 Å². The van der Waals surface area contributed by atoms with Crippen LogP contribution in [0.3, 0.4) is 0 Å². The monoisotopic (exact) mass is 105 g/mol. The molecule has 0 unspecified atom stereocenters. The Hall–Kier alpha value is 0.137. The number of nitrogens with one attached hydrogen (secondary N) is 1. The molecule has 0 radical (unpaired) electrons. The summed E-state index contributed by atoms with van der Waals surface area (Å²) in [6.07, 6.45) is 0. The summed E-state index contributed by atoms with van der Waals surface area (Å²) < 4.78 is 5.01. The molecule has 0 heterocycles. The van der Waals surface area contributed by atoms with Crippen molar-refractivity contribution in [1.82, 2.24) is 4.98 Å². The summed E-state index contributed by atoms with van der Waals surface area (Å²) in [7, 11) is 1.59. The molecule has 0 aliphatic carbocycles. The van der Waals surface area contributed by atoms with Gasteiger partial charge in [0, 0.05) is 6.61 Å². The third-order valence-electron chi connectivity index (χ3n) is 0.451. The predicted molar refractivity (Wildman–Crippen MR) is 29.2 cm³/mol. The van der Waals surface area contributed by atoms with Crippen LogP contribution in [-0.4, -0.2) is 23.6 Å². The maximum Gasteiger partial charge on any atom is 0.235 e. The smallest absolute Gasteiger partial charge is 0.235 e. The van der Waals surface area contributed by atoms with Crippen LogP contribution in [0.4, 0.5) is 0 Å². The van der Waals surface area contributed by atoms with Gasteiger partial charge in [0.05, 0.1) is 0 Å². The molecule has 3 heteroatoms. The highest BCUT2D eigenvalue weighted by molar-refractivity contribution is 6.23. The largest absolute Gasteiger partial charge is 0.409 e. The Kier molecular flexibility index (Phi) is 5.25. The molecule has 0 aromatic rings. The van der Waals surface area contributed by atoms with Crippen LogP contribution in [0.5, 0.6) is 0 Å². The quantitative estimate of drug-likeness (QED) is 0.376. The maximum atomic E-state index is 5.01. The zero-order valence-corrected chi connectivity index (χ0v) is 5.74. The highest BCUT2D eigenvalue weighted by Gasteiger charge is 1.72. The topological polar surface area (TPSA) is 21.3 Å². The summed E-state index contributed by atoms with van der Waals surface area (Å²) in [5, 5.41) is 0. The fourth-order valence-corrected chi connectivity index (χ4v) is 0.612. The molecule has 1 N–H and O–H groups in total. The van der Waals surface area contributed by atoms with Crippen LogP contribution in [0.2, 0.25) is 0 Å². The van der Waals surface area contributed by atoms with Gasteiger partial charge in [0.2, 0.25) is 9.92 Å². The van der Waals surface area contributed by atoms with E-state index in [9.17, 15) is 0 Å². The molecule has 0 atom stereocenters. The van der Waals surface area contributed by atoms with Crippen LogP contribution in [-0.2, 0) is 4.43 Å². The minimum Gasteiger partial charge on any atom is -0.409 e. The van der Waals surface area contributed by atoms with E-state index >= 15 is 0 Å². The number of hydrogen-bond acceptors (Lipinski definition) is 2. The Balaban J connectivity index is 2.34. The van der Waals surface area contributed by atoms with Crippen LogP contribution in [0, 0.1) is 0 Å². The highest BCUT2D eigenvalue weighted by atomic mass is 28.2. The van der Waals surface area contributed by atoms with Gasteiger partial charge in [0.15, 0.2) is 0 Å². The molecule has 0 saturated carbocycles. The van der Waals surface area contributed by atoms with Gasteiger partial charge in [-0.3, -0.25) is 0 Å². The van der Waals surface area contributed by atoms with Gasteiger partial charge < -0.3 is 9.41 Å². The second-order valence-electron chi connectivity index (χ2n) is 0.991. The zero-order valence-electron chi connectivity index (χ0n) is 4.32. The molecular formula is C3H11NOSi. The normalized spacial score (nSPS) is 11.0. The third kappa shape index (κ3) is 4.14. The van der Waals surface area contributed by atoms with Gasteiger partial charge in [0.1, 0.15) is 0 Å². The summed E-state index contributed by atoms with van der Waals surface area (Å²) in [6, 6.07) is 0. The van der Waals surface area contributed by atoms with Crippen molar-refractivity contribution in [1.29, 1.82) is 0 Å². The Morgan fingerprint density at radius 3 is 2.67 bits per heavy atom. The van der Waals surface area contributed by atoms with Crippen molar-refractivity contribution in [2.24, 2.45) is 0 Å². The van der Waals surface area contributed by atoms with Crippen molar-refractivity contribution in [3.8, 4) is 0 Å². The molecule has 0 aromatic carbocycles. The van der Waals surface area contributed by atoms with E-state index in [4.69, 9.17) is 4.43 Å². The Morgan fingerprint density at radius 2 is 2.50 bits per heavy atom. The first-order chi connectivity index (χ1) is 2.91. The van der Waals surface area contributed by atoms with E-state index in [0.717, 1.165) is 6.61 Å². The van der Waals surface area contributed by atoms with E-state index in [-0.39, 0.29) is 9.92 Å². The zero-order chi connectivity index (χ0) is 4.83. The van der Waals surface area contributed by atoms with Crippen molar-refractivity contribution < 1.29 is 4.43 Å². The van der Waals surface area contributed by atoms with E-state index in [0.29, 0.717) is 0 Å². The summed E-state index contributed by atoms with van der Waals surface area (Å²) >= 11 is 0. The van der Waals surface area contributed by atoms with Gasteiger partial charge >= 0.3 is 0 Å². The van der Waals surface area contributed by atoms with Crippen LogP contribution < -0.4 is 4.98 Å². The molecule has 0 aliphatic heterocycles. The van der Waals surface area contributed by atoms with Crippen LogP contribution in [0.25, 0.3) is 0 Å². The van der Waals surface area contributed by atoms with Gasteiger partial charge in [-0.2, -0.15) is 0 Å². The molecule has 2 nitrogen and oxygen atoms in total. The molecule has 0 spiro atoms. The van der Waals surface area contributed by atoms with Crippen molar-refractivity contribution in [2.75, 3.05) is 13.7 Å². The standard InChI is InChI=1S/C3H11NOSi/c1-3-5-6-4-2/h4H,3,6H2,1-2H3. The lowest BCUT2D eigenvalue weighted by molar-refractivity contribution is 0.355. The Labute approximate surface area is 40.9 Å². The molecule has 6 heavy (non-hydrogen) atoms. The van der Waals surface area contributed by atoms with E-state index in [1.54, 1.807) is 0 Å². The second-order valence-corrected chi connectivity index (χ2v) is 2.39. The van der Waals surface area contributed by atoms with Crippen molar-refractivity contribution in [3.05, 3.63) is 0 Å². The molecule has 0 rings (SSSR count). The second kappa shape index (κ2) is 5.14. The van der Waals surface area contributed by atoms with E-state index < -0.39 is 0 Å². The lowest BCUT2D eigenvalue weighted by atomic mass is 10.9. The SMILES string of the molecule is CCO[SiH2]NC.